The molecule has 1 atom stereocenters. The third-order valence-electron chi connectivity index (χ3n) is 5.61. The van der Waals surface area contributed by atoms with Gasteiger partial charge in [0, 0.05) is 11.6 Å². The summed E-state index contributed by atoms with van der Waals surface area (Å²) >= 11 is 6.60. The molecule has 156 valence electrons. The molecule has 0 N–H and O–H groups in total. The van der Waals surface area contributed by atoms with E-state index < -0.39 is 0 Å². The molecule has 2 aromatic carbocycles. The van der Waals surface area contributed by atoms with E-state index in [2.05, 4.69) is 0 Å². The molecule has 1 amide bonds. The van der Waals surface area contributed by atoms with E-state index in [9.17, 15) is 4.79 Å². The highest BCUT2D eigenvalue weighted by Gasteiger charge is 2.35. The Morgan fingerprint density at radius 2 is 1.77 bits per heavy atom. The molecule has 30 heavy (non-hydrogen) atoms. The van der Waals surface area contributed by atoms with Gasteiger partial charge >= 0.3 is 0 Å². The van der Waals surface area contributed by atoms with E-state index in [1.807, 2.05) is 55.1 Å². The number of aryl methyl sites for hydroxylation is 2. The van der Waals surface area contributed by atoms with Crippen molar-refractivity contribution in [3.8, 4) is 11.5 Å². The molecule has 5 nitrogen and oxygen atoms in total. The van der Waals surface area contributed by atoms with Crippen LogP contribution in [0.15, 0.2) is 46.9 Å². The number of furan rings is 1. The molecular formula is C24H24ClNO4. The smallest absolute Gasteiger partial charge is 0.258 e. The van der Waals surface area contributed by atoms with Crippen LogP contribution in [0.5, 0.6) is 11.5 Å². The Balaban J connectivity index is 1.89. The first-order chi connectivity index (χ1) is 14.4. The van der Waals surface area contributed by atoms with Crippen molar-refractivity contribution in [1.29, 1.82) is 0 Å². The Morgan fingerprint density at radius 3 is 2.40 bits per heavy atom. The summed E-state index contributed by atoms with van der Waals surface area (Å²) in [4.78, 5) is 15.5. The summed E-state index contributed by atoms with van der Waals surface area (Å²) in [7, 11) is 3.23. The lowest BCUT2D eigenvalue weighted by atomic mass is 9.87. The van der Waals surface area contributed by atoms with Gasteiger partial charge in [0.2, 0.25) is 0 Å². The summed E-state index contributed by atoms with van der Waals surface area (Å²) in [6, 6.07) is 13.0. The Labute approximate surface area is 181 Å². The molecule has 0 saturated carbocycles. The van der Waals surface area contributed by atoms with Crippen molar-refractivity contribution in [1.82, 2.24) is 4.90 Å². The molecule has 1 aromatic heterocycles. The maximum atomic E-state index is 13.6. The van der Waals surface area contributed by atoms with Crippen molar-refractivity contribution >= 4 is 17.5 Å². The van der Waals surface area contributed by atoms with Crippen LogP contribution >= 0.6 is 11.6 Å². The molecule has 1 aliphatic rings. The average Bonchev–Trinajstić information content (AvgIpc) is 3.09. The van der Waals surface area contributed by atoms with Gasteiger partial charge in [-0.25, -0.2) is 0 Å². The van der Waals surface area contributed by atoms with Crippen LogP contribution in [0.1, 0.15) is 44.6 Å². The van der Waals surface area contributed by atoms with Crippen LogP contribution in [0.2, 0.25) is 5.02 Å². The second-order valence-electron chi connectivity index (χ2n) is 7.41. The van der Waals surface area contributed by atoms with Crippen molar-refractivity contribution < 1.29 is 18.7 Å². The zero-order chi connectivity index (χ0) is 21.4. The average molecular weight is 426 g/mol. The van der Waals surface area contributed by atoms with Crippen LogP contribution in [-0.4, -0.2) is 31.6 Å². The number of hydrogen-bond donors (Lipinski definition) is 0. The van der Waals surface area contributed by atoms with Crippen LogP contribution in [0.3, 0.4) is 0 Å². The van der Waals surface area contributed by atoms with Crippen molar-refractivity contribution in [2.75, 3.05) is 20.8 Å². The number of carbonyl (C=O) groups is 1. The number of nitrogens with zero attached hydrogens (tertiary/aromatic N) is 1. The third-order valence-corrected chi connectivity index (χ3v) is 5.95. The molecular weight excluding hydrogens is 402 g/mol. The topological polar surface area (TPSA) is 51.9 Å². The van der Waals surface area contributed by atoms with E-state index in [-0.39, 0.29) is 11.9 Å². The second kappa shape index (κ2) is 8.07. The fourth-order valence-corrected chi connectivity index (χ4v) is 4.43. The highest BCUT2D eigenvalue weighted by molar-refractivity contribution is 6.31. The maximum Gasteiger partial charge on any atom is 0.258 e. The molecule has 0 aliphatic carbocycles. The van der Waals surface area contributed by atoms with Crippen molar-refractivity contribution in [3.63, 3.8) is 0 Å². The molecule has 1 aliphatic heterocycles. The van der Waals surface area contributed by atoms with Crippen molar-refractivity contribution in [2.45, 2.75) is 26.3 Å². The predicted molar refractivity (Wildman–Crippen MR) is 116 cm³/mol. The molecule has 0 fully saturated rings. The summed E-state index contributed by atoms with van der Waals surface area (Å²) < 4.78 is 16.6. The van der Waals surface area contributed by atoms with Gasteiger partial charge in [-0.1, -0.05) is 29.8 Å². The van der Waals surface area contributed by atoms with Gasteiger partial charge in [-0.05, 0) is 61.2 Å². The molecule has 0 bridgehead atoms. The number of carbonyl (C=O) groups excluding carboxylic acids is 1. The maximum absolute atomic E-state index is 13.6. The third kappa shape index (κ3) is 3.43. The molecule has 3 aromatic rings. The SMILES string of the molecule is COc1cc2c(cc1OC)[C@@H](c1ccccc1Cl)N(C(=O)c1cc(C)oc1C)CC2. The number of ether oxygens (including phenoxy) is 2. The quantitative estimate of drug-likeness (QED) is 0.565. The number of benzene rings is 2. The van der Waals surface area contributed by atoms with E-state index in [1.54, 1.807) is 20.3 Å². The van der Waals surface area contributed by atoms with Crippen molar-refractivity contribution in [2.24, 2.45) is 0 Å². The summed E-state index contributed by atoms with van der Waals surface area (Å²) in [6.07, 6.45) is 0.707. The van der Waals surface area contributed by atoms with Crippen LogP contribution in [0.25, 0.3) is 0 Å². The van der Waals surface area contributed by atoms with Gasteiger partial charge in [0.05, 0.1) is 25.8 Å². The normalized spacial score (nSPS) is 15.6. The number of rotatable bonds is 4. The first-order valence-corrected chi connectivity index (χ1v) is 10.2. The van der Waals surface area contributed by atoms with E-state index in [1.165, 1.54) is 0 Å². The molecule has 0 spiro atoms. The van der Waals surface area contributed by atoms with Gasteiger partial charge in [-0.3, -0.25) is 4.79 Å². The van der Waals surface area contributed by atoms with Crippen LogP contribution in [0.4, 0.5) is 0 Å². The lowest BCUT2D eigenvalue weighted by Crippen LogP contribution is -2.41. The minimum Gasteiger partial charge on any atom is -0.493 e. The Hall–Kier alpha value is -2.92. The fraction of sp³-hybridized carbons (Fsp3) is 0.292. The number of halogens is 1. The van der Waals surface area contributed by atoms with Gasteiger partial charge < -0.3 is 18.8 Å². The minimum atomic E-state index is -0.343. The summed E-state index contributed by atoms with van der Waals surface area (Å²) in [5.41, 5.74) is 3.55. The van der Waals surface area contributed by atoms with Gasteiger partial charge in [-0.2, -0.15) is 0 Å². The van der Waals surface area contributed by atoms with E-state index in [4.69, 9.17) is 25.5 Å². The van der Waals surface area contributed by atoms with Crippen LogP contribution in [0, 0.1) is 13.8 Å². The monoisotopic (exact) mass is 425 g/mol. The zero-order valence-corrected chi connectivity index (χ0v) is 18.2. The lowest BCUT2D eigenvalue weighted by Gasteiger charge is -2.38. The van der Waals surface area contributed by atoms with Gasteiger partial charge in [0.15, 0.2) is 11.5 Å². The van der Waals surface area contributed by atoms with Crippen molar-refractivity contribution in [3.05, 3.63) is 81.3 Å². The summed E-state index contributed by atoms with van der Waals surface area (Å²) in [5, 5.41) is 0.614. The molecule has 4 rings (SSSR count). The first-order valence-electron chi connectivity index (χ1n) is 9.81. The summed E-state index contributed by atoms with van der Waals surface area (Å²) in [6.45, 7) is 4.22. The first kappa shape index (κ1) is 20.4. The highest BCUT2D eigenvalue weighted by Crippen LogP contribution is 2.43. The Morgan fingerprint density at radius 1 is 1.07 bits per heavy atom. The number of amides is 1. The fourth-order valence-electron chi connectivity index (χ4n) is 4.19. The van der Waals surface area contributed by atoms with Gasteiger partial charge in [0.1, 0.15) is 11.5 Å². The molecule has 0 radical (unpaired) electrons. The van der Waals surface area contributed by atoms with Gasteiger partial charge in [0.25, 0.3) is 5.91 Å². The highest BCUT2D eigenvalue weighted by atomic mass is 35.5. The molecule has 6 heteroatoms. The predicted octanol–water partition coefficient (Wildman–Crippen LogP) is 5.35. The Kier molecular flexibility index (Phi) is 5.48. The zero-order valence-electron chi connectivity index (χ0n) is 17.5. The number of fused-ring (bicyclic) bond motifs is 1. The van der Waals surface area contributed by atoms with Crippen LogP contribution < -0.4 is 9.47 Å². The van der Waals surface area contributed by atoms with E-state index >= 15 is 0 Å². The van der Waals surface area contributed by atoms with E-state index in [0.29, 0.717) is 46.6 Å². The molecule has 0 unspecified atom stereocenters. The van der Waals surface area contributed by atoms with Gasteiger partial charge in [-0.15, -0.1) is 0 Å². The summed E-state index contributed by atoms with van der Waals surface area (Å²) in [5.74, 6) is 2.56. The minimum absolute atomic E-state index is 0.0743. The number of methoxy groups -OCH3 is 2. The molecule has 0 saturated heterocycles. The van der Waals surface area contributed by atoms with E-state index in [0.717, 1.165) is 16.7 Å². The van der Waals surface area contributed by atoms with Crippen LogP contribution in [-0.2, 0) is 6.42 Å². The number of hydrogen-bond acceptors (Lipinski definition) is 4. The standard InChI is InChI=1S/C24H24ClNO4/c1-14-11-18(15(2)30-14)24(27)26-10-9-16-12-21(28-3)22(29-4)13-19(16)23(26)17-7-5-6-8-20(17)25/h5-8,11-13,23H,9-10H2,1-4H3/t23-/m1/s1. The lowest BCUT2D eigenvalue weighted by molar-refractivity contribution is 0.0692. The largest absolute Gasteiger partial charge is 0.493 e. The second-order valence-corrected chi connectivity index (χ2v) is 7.81. The Bertz CT molecular complexity index is 1100. The molecule has 2 heterocycles.